The third-order valence-electron chi connectivity index (χ3n) is 3.67. The summed E-state index contributed by atoms with van der Waals surface area (Å²) in [6.07, 6.45) is 6.68. The molecule has 0 amide bonds. The minimum Gasteiger partial charge on any atom is -0.312 e. The Hall–Kier alpha value is -1.26. The summed E-state index contributed by atoms with van der Waals surface area (Å²) in [5.41, 5.74) is 4.49. The van der Waals surface area contributed by atoms with Gasteiger partial charge in [-0.15, -0.1) is 5.10 Å². The Balaban J connectivity index is 1.79. The van der Waals surface area contributed by atoms with Gasteiger partial charge in [-0.05, 0) is 61.0 Å². The Morgan fingerprint density at radius 1 is 1.33 bits per heavy atom. The fourth-order valence-electron chi connectivity index (χ4n) is 2.66. The van der Waals surface area contributed by atoms with E-state index in [1.807, 2.05) is 13.2 Å². The number of rotatable bonds is 4. The lowest BCUT2D eigenvalue weighted by atomic mass is 10.0. The standard InChI is InChI=1S/C14H17N3S/c1-15-13(14-9-16-17-18-14)8-10-5-6-11-3-2-4-12(11)7-10/h5-7,9,13,15H,2-4,8H2,1H3. The second-order valence-electron chi connectivity index (χ2n) is 4.82. The number of hydrogen-bond donors (Lipinski definition) is 1. The molecular formula is C14H17N3S. The molecule has 0 bridgehead atoms. The van der Waals surface area contributed by atoms with E-state index < -0.39 is 0 Å². The molecular weight excluding hydrogens is 242 g/mol. The van der Waals surface area contributed by atoms with Crippen LogP contribution in [0, 0.1) is 0 Å². The van der Waals surface area contributed by atoms with Crippen LogP contribution in [-0.4, -0.2) is 16.6 Å². The van der Waals surface area contributed by atoms with Gasteiger partial charge in [-0.3, -0.25) is 0 Å². The van der Waals surface area contributed by atoms with Crippen molar-refractivity contribution in [1.82, 2.24) is 14.9 Å². The molecule has 1 aromatic heterocycles. The fraction of sp³-hybridized carbons (Fsp3) is 0.429. The first-order chi connectivity index (χ1) is 8.86. The second kappa shape index (κ2) is 5.16. The van der Waals surface area contributed by atoms with Crippen LogP contribution < -0.4 is 5.32 Å². The number of aromatic nitrogens is 2. The van der Waals surface area contributed by atoms with Gasteiger partial charge in [0.25, 0.3) is 0 Å². The highest BCUT2D eigenvalue weighted by Gasteiger charge is 2.15. The van der Waals surface area contributed by atoms with Crippen molar-refractivity contribution < 1.29 is 0 Å². The molecule has 1 heterocycles. The molecule has 0 radical (unpaired) electrons. The lowest BCUT2D eigenvalue weighted by molar-refractivity contribution is 0.601. The number of benzene rings is 1. The van der Waals surface area contributed by atoms with E-state index in [0.29, 0.717) is 6.04 Å². The highest BCUT2D eigenvalue weighted by molar-refractivity contribution is 7.05. The predicted octanol–water partition coefficient (Wildman–Crippen LogP) is 2.53. The van der Waals surface area contributed by atoms with Gasteiger partial charge < -0.3 is 5.32 Å². The van der Waals surface area contributed by atoms with Crippen molar-refractivity contribution in [2.75, 3.05) is 7.05 Å². The lowest BCUT2D eigenvalue weighted by Gasteiger charge is -2.14. The summed E-state index contributed by atoms with van der Waals surface area (Å²) in [4.78, 5) is 1.21. The van der Waals surface area contributed by atoms with Crippen molar-refractivity contribution in [3.05, 3.63) is 46.0 Å². The van der Waals surface area contributed by atoms with Gasteiger partial charge in [0.05, 0.1) is 11.1 Å². The number of hydrogen-bond acceptors (Lipinski definition) is 4. The first-order valence-electron chi connectivity index (χ1n) is 6.42. The normalized spacial score (nSPS) is 15.6. The van der Waals surface area contributed by atoms with Crippen molar-refractivity contribution in [1.29, 1.82) is 0 Å². The maximum absolute atomic E-state index is 3.94. The molecule has 1 aliphatic rings. The summed E-state index contributed by atoms with van der Waals surface area (Å²) in [6, 6.07) is 7.27. The molecule has 1 aliphatic carbocycles. The molecule has 4 heteroatoms. The SMILES string of the molecule is CNC(Cc1ccc2c(c1)CCC2)c1cnns1. The van der Waals surface area contributed by atoms with Gasteiger partial charge in [0, 0.05) is 6.04 Å². The molecule has 0 spiro atoms. The Labute approximate surface area is 111 Å². The molecule has 1 N–H and O–H groups in total. The van der Waals surface area contributed by atoms with Crippen LogP contribution in [0.15, 0.2) is 24.4 Å². The van der Waals surface area contributed by atoms with Crippen LogP contribution in [-0.2, 0) is 19.3 Å². The van der Waals surface area contributed by atoms with E-state index in [4.69, 9.17) is 0 Å². The van der Waals surface area contributed by atoms with Gasteiger partial charge in [0.2, 0.25) is 0 Å². The van der Waals surface area contributed by atoms with Gasteiger partial charge >= 0.3 is 0 Å². The predicted molar refractivity (Wildman–Crippen MR) is 73.9 cm³/mol. The molecule has 0 saturated heterocycles. The summed E-state index contributed by atoms with van der Waals surface area (Å²) in [5, 5.41) is 7.27. The molecule has 94 valence electrons. The van der Waals surface area contributed by atoms with E-state index in [0.717, 1.165) is 6.42 Å². The number of aryl methyl sites for hydroxylation is 2. The molecule has 1 aromatic carbocycles. The first-order valence-corrected chi connectivity index (χ1v) is 7.19. The molecule has 1 unspecified atom stereocenters. The van der Waals surface area contributed by atoms with Crippen LogP contribution >= 0.6 is 11.5 Å². The van der Waals surface area contributed by atoms with E-state index in [2.05, 4.69) is 33.1 Å². The average Bonchev–Trinajstić information content (AvgIpc) is 3.06. The number of nitrogens with one attached hydrogen (secondary N) is 1. The summed E-state index contributed by atoms with van der Waals surface area (Å²) in [7, 11) is 2.00. The number of likely N-dealkylation sites (N-methyl/N-ethyl adjacent to an activating group) is 1. The third kappa shape index (κ3) is 2.31. The third-order valence-corrected chi connectivity index (χ3v) is 4.45. The molecule has 0 fully saturated rings. The van der Waals surface area contributed by atoms with Gasteiger partial charge in [0.15, 0.2) is 0 Å². The van der Waals surface area contributed by atoms with Crippen LogP contribution in [0.2, 0.25) is 0 Å². The van der Waals surface area contributed by atoms with Crippen LogP contribution in [0.4, 0.5) is 0 Å². The highest BCUT2D eigenvalue weighted by Crippen LogP contribution is 2.26. The van der Waals surface area contributed by atoms with E-state index in [1.54, 1.807) is 11.1 Å². The molecule has 3 rings (SSSR count). The van der Waals surface area contributed by atoms with Gasteiger partial charge in [-0.25, -0.2) is 0 Å². The van der Waals surface area contributed by atoms with E-state index in [1.165, 1.54) is 41.2 Å². The molecule has 0 aliphatic heterocycles. The zero-order valence-electron chi connectivity index (χ0n) is 10.5. The van der Waals surface area contributed by atoms with Crippen molar-refractivity contribution in [3.63, 3.8) is 0 Å². The lowest BCUT2D eigenvalue weighted by Crippen LogP contribution is -2.17. The summed E-state index contributed by atoms with van der Waals surface area (Å²) in [6.45, 7) is 0. The monoisotopic (exact) mass is 259 g/mol. The average molecular weight is 259 g/mol. The van der Waals surface area contributed by atoms with E-state index >= 15 is 0 Å². The van der Waals surface area contributed by atoms with Crippen LogP contribution in [0.25, 0.3) is 0 Å². The van der Waals surface area contributed by atoms with E-state index in [9.17, 15) is 0 Å². The summed E-state index contributed by atoms with van der Waals surface area (Å²) < 4.78 is 3.94. The number of nitrogens with zero attached hydrogens (tertiary/aromatic N) is 2. The molecule has 0 saturated carbocycles. The summed E-state index contributed by atoms with van der Waals surface area (Å²) in [5.74, 6) is 0. The van der Waals surface area contributed by atoms with Crippen molar-refractivity contribution in [2.45, 2.75) is 31.7 Å². The maximum Gasteiger partial charge on any atom is 0.0669 e. The fourth-order valence-corrected chi connectivity index (χ4v) is 3.27. The smallest absolute Gasteiger partial charge is 0.0669 e. The summed E-state index contributed by atoms with van der Waals surface area (Å²) >= 11 is 1.48. The largest absolute Gasteiger partial charge is 0.312 e. The minimum atomic E-state index is 0.324. The molecule has 18 heavy (non-hydrogen) atoms. The Morgan fingerprint density at radius 2 is 2.22 bits per heavy atom. The number of fused-ring (bicyclic) bond motifs is 1. The van der Waals surface area contributed by atoms with Crippen LogP contribution in [0.3, 0.4) is 0 Å². The Kier molecular flexibility index (Phi) is 3.39. The Morgan fingerprint density at radius 3 is 3.00 bits per heavy atom. The topological polar surface area (TPSA) is 37.8 Å². The second-order valence-corrected chi connectivity index (χ2v) is 5.64. The minimum absolute atomic E-state index is 0.324. The van der Waals surface area contributed by atoms with Gasteiger partial charge in [-0.2, -0.15) is 0 Å². The van der Waals surface area contributed by atoms with Crippen LogP contribution in [0.1, 0.15) is 34.0 Å². The van der Waals surface area contributed by atoms with Gasteiger partial charge in [-0.1, -0.05) is 22.7 Å². The zero-order chi connectivity index (χ0) is 12.4. The van der Waals surface area contributed by atoms with Gasteiger partial charge in [0.1, 0.15) is 0 Å². The first kappa shape index (κ1) is 11.8. The van der Waals surface area contributed by atoms with Crippen LogP contribution in [0.5, 0.6) is 0 Å². The van der Waals surface area contributed by atoms with Crippen molar-refractivity contribution in [3.8, 4) is 0 Å². The van der Waals surface area contributed by atoms with E-state index in [-0.39, 0.29) is 0 Å². The molecule has 2 aromatic rings. The quantitative estimate of drug-likeness (QED) is 0.917. The van der Waals surface area contributed by atoms with Crippen molar-refractivity contribution >= 4 is 11.5 Å². The zero-order valence-corrected chi connectivity index (χ0v) is 11.3. The maximum atomic E-state index is 3.94. The molecule has 1 atom stereocenters. The van der Waals surface area contributed by atoms with Crippen molar-refractivity contribution in [2.24, 2.45) is 0 Å². The Bertz CT molecular complexity index is 522. The highest BCUT2D eigenvalue weighted by atomic mass is 32.1. The molecule has 3 nitrogen and oxygen atoms in total.